The minimum absolute atomic E-state index is 0.321. The Hall–Kier alpha value is -2.12. The maximum Gasteiger partial charge on any atom is 0.225 e. The molecule has 2 aliphatic rings. The van der Waals surface area contributed by atoms with E-state index in [1.807, 2.05) is 18.5 Å². The summed E-state index contributed by atoms with van der Waals surface area (Å²) in [6, 6.07) is 1.85. The first-order valence-electron chi connectivity index (χ1n) is 9.43. The number of nitrogens with zero attached hydrogens (tertiary/aromatic N) is 6. The second-order valence-electron chi connectivity index (χ2n) is 7.26. The van der Waals surface area contributed by atoms with Crippen molar-refractivity contribution in [1.29, 1.82) is 0 Å². The highest BCUT2D eigenvalue weighted by molar-refractivity contribution is 5.29. The predicted molar refractivity (Wildman–Crippen MR) is 98.7 cm³/mol. The van der Waals surface area contributed by atoms with E-state index in [-0.39, 0.29) is 5.60 Å². The number of hydrogen-bond donors (Lipinski definition) is 0. The van der Waals surface area contributed by atoms with Crippen LogP contribution in [0.2, 0.25) is 0 Å². The molecule has 4 heterocycles. The molecule has 0 radical (unpaired) electrons. The maximum absolute atomic E-state index is 5.94. The fraction of sp³-hybridized carbons (Fsp3) is 0.579. The third-order valence-corrected chi connectivity index (χ3v) is 5.26. The van der Waals surface area contributed by atoms with E-state index >= 15 is 0 Å². The summed E-state index contributed by atoms with van der Waals surface area (Å²) in [5.74, 6) is 1.63. The SMILES string of the molecule is CC1(c2ncc(CN3CCN(c4ncccn4)CC3)cn2)CCCCO1. The number of hydrogen-bond acceptors (Lipinski definition) is 7. The molecule has 0 aromatic carbocycles. The average molecular weight is 354 g/mol. The summed E-state index contributed by atoms with van der Waals surface area (Å²) in [4.78, 5) is 22.6. The van der Waals surface area contributed by atoms with Gasteiger partial charge in [-0.3, -0.25) is 4.90 Å². The predicted octanol–water partition coefficient (Wildman–Crippen LogP) is 2.00. The molecule has 7 nitrogen and oxygen atoms in total. The number of piperazine rings is 1. The monoisotopic (exact) mass is 354 g/mol. The Kier molecular flexibility index (Phi) is 5.08. The lowest BCUT2D eigenvalue weighted by Gasteiger charge is -2.34. The lowest BCUT2D eigenvalue weighted by Crippen LogP contribution is -2.46. The van der Waals surface area contributed by atoms with Gasteiger partial charge in [-0.15, -0.1) is 0 Å². The molecular formula is C19H26N6O. The zero-order valence-corrected chi connectivity index (χ0v) is 15.3. The van der Waals surface area contributed by atoms with Crippen LogP contribution in [-0.2, 0) is 16.9 Å². The molecule has 0 amide bonds. The summed E-state index contributed by atoms with van der Waals surface area (Å²) in [6.45, 7) is 7.63. The van der Waals surface area contributed by atoms with Gasteiger partial charge in [-0.05, 0) is 32.3 Å². The van der Waals surface area contributed by atoms with E-state index in [0.717, 1.165) is 69.5 Å². The minimum Gasteiger partial charge on any atom is -0.367 e. The molecule has 0 N–H and O–H groups in total. The topological polar surface area (TPSA) is 67.3 Å². The summed E-state index contributed by atoms with van der Waals surface area (Å²) in [5, 5.41) is 0. The third kappa shape index (κ3) is 3.83. The summed E-state index contributed by atoms with van der Waals surface area (Å²) in [7, 11) is 0. The molecule has 2 saturated heterocycles. The molecule has 2 fully saturated rings. The van der Waals surface area contributed by atoms with Gasteiger partial charge in [-0.1, -0.05) is 0 Å². The largest absolute Gasteiger partial charge is 0.367 e. The van der Waals surface area contributed by atoms with Gasteiger partial charge in [0.15, 0.2) is 5.82 Å². The highest BCUT2D eigenvalue weighted by Crippen LogP contribution is 2.32. The number of aromatic nitrogens is 4. The van der Waals surface area contributed by atoms with E-state index in [1.165, 1.54) is 6.42 Å². The molecule has 0 aliphatic carbocycles. The normalized spacial score (nSPS) is 24.6. The Morgan fingerprint density at radius 2 is 1.73 bits per heavy atom. The molecule has 26 heavy (non-hydrogen) atoms. The Balaban J connectivity index is 1.32. The fourth-order valence-electron chi connectivity index (χ4n) is 3.64. The van der Waals surface area contributed by atoms with Gasteiger partial charge in [-0.2, -0.15) is 0 Å². The maximum atomic E-state index is 5.94. The van der Waals surface area contributed by atoms with E-state index < -0.39 is 0 Å². The van der Waals surface area contributed by atoms with E-state index in [0.29, 0.717) is 0 Å². The van der Waals surface area contributed by atoms with Gasteiger partial charge in [0.05, 0.1) is 0 Å². The van der Waals surface area contributed by atoms with Crippen molar-refractivity contribution in [1.82, 2.24) is 24.8 Å². The fourth-order valence-corrected chi connectivity index (χ4v) is 3.64. The van der Waals surface area contributed by atoms with Crippen LogP contribution in [0.4, 0.5) is 5.95 Å². The Labute approximate surface area is 154 Å². The zero-order chi connectivity index (χ0) is 17.8. The van der Waals surface area contributed by atoms with Gasteiger partial charge >= 0.3 is 0 Å². The standard InChI is InChI=1S/C19H26N6O/c1-19(5-2-3-12-26-19)17-22-13-16(14-23-17)15-24-8-10-25(11-9-24)18-20-6-4-7-21-18/h4,6-7,13-14H,2-3,5,8-12,15H2,1H3. The minimum atomic E-state index is -0.321. The van der Waals surface area contributed by atoms with Crippen LogP contribution in [0.15, 0.2) is 30.9 Å². The van der Waals surface area contributed by atoms with Crippen molar-refractivity contribution >= 4 is 5.95 Å². The van der Waals surface area contributed by atoms with Gasteiger partial charge in [0.2, 0.25) is 5.95 Å². The van der Waals surface area contributed by atoms with Crippen LogP contribution in [0.1, 0.15) is 37.6 Å². The molecule has 4 rings (SSSR count). The van der Waals surface area contributed by atoms with Crippen molar-refractivity contribution < 1.29 is 4.74 Å². The van der Waals surface area contributed by atoms with Crippen molar-refractivity contribution in [3.63, 3.8) is 0 Å². The first-order valence-corrected chi connectivity index (χ1v) is 9.43. The highest BCUT2D eigenvalue weighted by Gasteiger charge is 2.32. The molecule has 0 spiro atoms. The molecule has 2 aromatic rings. The zero-order valence-electron chi connectivity index (χ0n) is 15.3. The molecule has 0 saturated carbocycles. The van der Waals surface area contributed by atoms with Gasteiger partial charge in [0.25, 0.3) is 0 Å². The van der Waals surface area contributed by atoms with Crippen LogP contribution in [0.3, 0.4) is 0 Å². The number of rotatable bonds is 4. The van der Waals surface area contributed by atoms with E-state index in [2.05, 4.69) is 36.7 Å². The highest BCUT2D eigenvalue weighted by atomic mass is 16.5. The molecule has 1 unspecified atom stereocenters. The van der Waals surface area contributed by atoms with Crippen LogP contribution >= 0.6 is 0 Å². The first kappa shape index (κ1) is 17.3. The molecule has 2 aromatic heterocycles. The number of anilines is 1. The molecule has 1 atom stereocenters. The van der Waals surface area contributed by atoms with Crippen molar-refractivity contribution in [3.05, 3.63) is 42.2 Å². The quantitative estimate of drug-likeness (QED) is 0.832. The Morgan fingerprint density at radius 3 is 2.38 bits per heavy atom. The summed E-state index contributed by atoms with van der Waals surface area (Å²) < 4.78 is 5.94. The van der Waals surface area contributed by atoms with Crippen LogP contribution in [0, 0.1) is 0 Å². The van der Waals surface area contributed by atoms with Crippen molar-refractivity contribution in [2.75, 3.05) is 37.7 Å². The van der Waals surface area contributed by atoms with Gasteiger partial charge in [0, 0.05) is 69.7 Å². The van der Waals surface area contributed by atoms with Crippen LogP contribution < -0.4 is 4.90 Å². The van der Waals surface area contributed by atoms with E-state index in [4.69, 9.17) is 4.74 Å². The Bertz CT molecular complexity index is 694. The van der Waals surface area contributed by atoms with Crippen LogP contribution in [0.5, 0.6) is 0 Å². The van der Waals surface area contributed by atoms with Crippen LogP contribution in [0.25, 0.3) is 0 Å². The van der Waals surface area contributed by atoms with Crippen molar-refractivity contribution in [3.8, 4) is 0 Å². The van der Waals surface area contributed by atoms with Crippen LogP contribution in [-0.4, -0.2) is 57.6 Å². The summed E-state index contributed by atoms with van der Waals surface area (Å²) >= 11 is 0. The molecule has 2 aliphatic heterocycles. The van der Waals surface area contributed by atoms with Crippen molar-refractivity contribution in [2.45, 2.75) is 38.3 Å². The van der Waals surface area contributed by atoms with E-state index in [1.54, 1.807) is 12.4 Å². The molecule has 138 valence electrons. The Morgan fingerprint density at radius 1 is 1.00 bits per heavy atom. The molecular weight excluding hydrogens is 328 g/mol. The van der Waals surface area contributed by atoms with Gasteiger partial charge in [-0.25, -0.2) is 19.9 Å². The van der Waals surface area contributed by atoms with E-state index in [9.17, 15) is 0 Å². The lowest BCUT2D eigenvalue weighted by atomic mass is 9.95. The van der Waals surface area contributed by atoms with Crippen molar-refractivity contribution in [2.24, 2.45) is 0 Å². The lowest BCUT2D eigenvalue weighted by molar-refractivity contribution is -0.0761. The summed E-state index contributed by atoms with van der Waals surface area (Å²) in [6.07, 6.45) is 10.8. The second kappa shape index (κ2) is 7.63. The van der Waals surface area contributed by atoms with Gasteiger partial charge in [0.1, 0.15) is 5.60 Å². The second-order valence-corrected chi connectivity index (χ2v) is 7.26. The van der Waals surface area contributed by atoms with Gasteiger partial charge < -0.3 is 9.64 Å². The molecule has 0 bridgehead atoms. The third-order valence-electron chi connectivity index (χ3n) is 5.26. The smallest absolute Gasteiger partial charge is 0.225 e. The molecule has 7 heteroatoms. The average Bonchev–Trinajstić information content (AvgIpc) is 2.70. The summed E-state index contributed by atoms with van der Waals surface area (Å²) in [5.41, 5.74) is 0.829. The first-order chi connectivity index (χ1) is 12.7. The number of ether oxygens (including phenoxy) is 1.